The van der Waals surface area contributed by atoms with Crippen LogP contribution in [0.2, 0.25) is 0 Å². The van der Waals surface area contributed by atoms with Gasteiger partial charge in [-0.15, -0.1) is 0 Å². The van der Waals surface area contributed by atoms with Crippen molar-refractivity contribution in [3.05, 3.63) is 27.7 Å². The molecule has 0 fully saturated rings. The van der Waals surface area contributed by atoms with Crippen LogP contribution in [0.3, 0.4) is 0 Å². The zero-order valence-electron chi connectivity index (χ0n) is 6.75. The number of aromatic carboxylic acids is 1. The number of hydrogen-bond donors (Lipinski definition) is 3. The van der Waals surface area contributed by atoms with Crippen molar-refractivity contribution in [1.29, 1.82) is 0 Å². The lowest BCUT2D eigenvalue weighted by molar-refractivity contribution is 0.0697. The van der Waals surface area contributed by atoms with Gasteiger partial charge in [-0.05, 0) is 0 Å². The maximum absolute atomic E-state index is 12.2. The van der Waals surface area contributed by atoms with E-state index >= 15 is 0 Å². The first-order valence-electron chi connectivity index (χ1n) is 3.47. The van der Waals surface area contributed by atoms with Crippen LogP contribution in [0.4, 0.5) is 14.5 Å². The van der Waals surface area contributed by atoms with E-state index in [1.165, 1.54) is 0 Å². The summed E-state index contributed by atoms with van der Waals surface area (Å²) in [5.41, 5.74) is 2.09. The Morgan fingerprint density at radius 3 is 2.57 bits per heavy atom. The molecule has 4 N–H and O–H groups in total. The number of halogens is 2. The van der Waals surface area contributed by atoms with Crippen LogP contribution >= 0.6 is 0 Å². The molecular formula is C7H6F2N2O3. The van der Waals surface area contributed by atoms with Crippen molar-refractivity contribution in [1.82, 2.24) is 4.98 Å². The number of aromatic nitrogens is 1. The summed E-state index contributed by atoms with van der Waals surface area (Å²) in [5, 5.41) is 8.52. The van der Waals surface area contributed by atoms with Crippen LogP contribution < -0.4 is 11.3 Å². The Morgan fingerprint density at radius 1 is 1.57 bits per heavy atom. The van der Waals surface area contributed by atoms with Crippen molar-refractivity contribution in [2.75, 3.05) is 5.73 Å². The molecule has 1 heterocycles. The van der Waals surface area contributed by atoms with Crippen LogP contribution in [0, 0.1) is 0 Å². The number of carbonyl (C=O) groups is 1. The van der Waals surface area contributed by atoms with Gasteiger partial charge in [0.1, 0.15) is 5.69 Å². The zero-order chi connectivity index (χ0) is 10.9. The monoisotopic (exact) mass is 204 g/mol. The number of aromatic amines is 1. The highest BCUT2D eigenvalue weighted by molar-refractivity contribution is 5.93. The van der Waals surface area contributed by atoms with Gasteiger partial charge in [0.05, 0.1) is 11.3 Å². The predicted molar refractivity (Wildman–Crippen MR) is 43.4 cm³/mol. The lowest BCUT2D eigenvalue weighted by Crippen LogP contribution is -2.16. The molecule has 0 amide bonds. The second-order valence-electron chi connectivity index (χ2n) is 2.48. The second-order valence-corrected chi connectivity index (χ2v) is 2.48. The van der Waals surface area contributed by atoms with Gasteiger partial charge in [0, 0.05) is 6.07 Å². The molecule has 7 heteroatoms. The van der Waals surface area contributed by atoms with E-state index in [4.69, 9.17) is 10.8 Å². The highest BCUT2D eigenvalue weighted by atomic mass is 19.3. The fourth-order valence-electron chi connectivity index (χ4n) is 0.939. The minimum absolute atomic E-state index is 0.618. The van der Waals surface area contributed by atoms with Crippen molar-refractivity contribution in [2.45, 2.75) is 6.43 Å². The number of carboxylic acid groups (broad SMARTS) is 1. The first kappa shape index (κ1) is 10.2. The van der Waals surface area contributed by atoms with E-state index in [9.17, 15) is 18.4 Å². The van der Waals surface area contributed by atoms with E-state index in [1.54, 1.807) is 4.98 Å². The number of H-pyrrole nitrogens is 1. The molecular weight excluding hydrogens is 198 g/mol. The molecule has 76 valence electrons. The number of rotatable bonds is 2. The molecule has 0 aliphatic heterocycles. The number of nitrogen functional groups attached to an aromatic ring is 1. The van der Waals surface area contributed by atoms with E-state index in [2.05, 4.69) is 0 Å². The first-order valence-corrected chi connectivity index (χ1v) is 3.47. The van der Waals surface area contributed by atoms with Crippen LogP contribution in [0.25, 0.3) is 0 Å². The van der Waals surface area contributed by atoms with Crippen molar-refractivity contribution < 1.29 is 18.7 Å². The van der Waals surface area contributed by atoms with Crippen LogP contribution in [-0.2, 0) is 0 Å². The van der Waals surface area contributed by atoms with Crippen molar-refractivity contribution in [3.8, 4) is 0 Å². The molecule has 0 bridgehead atoms. The summed E-state index contributed by atoms with van der Waals surface area (Å²) < 4.78 is 24.4. The van der Waals surface area contributed by atoms with Crippen LogP contribution in [0.1, 0.15) is 22.5 Å². The van der Waals surface area contributed by atoms with E-state index in [-0.39, 0.29) is 0 Å². The molecule has 0 unspecified atom stereocenters. The highest BCUT2D eigenvalue weighted by Crippen LogP contribution is 2.23. The normalized spacial score (nSPS) is 10.5. The number of nitrogens with two attached hydrogens (primary N) is 1. The number of nitrogens with one attached hydrogen (secondary N) is 1. The largest absolute Gasteiger partial charge is 0.478 e. The minimum atomic E-state index is -3.01. The average Bonchev–Trinajstić information content (AvgIpc) is 2.07. The van der Waals surface area contributed by atoms with E-state index in [0.29, 0.717) is 6.07 Å². The van der Waals surface area contributed by atoms with Crippen LogP contribution in [0.5, 0.6) is 0 Å². The van der Waals surface area contributed by atoms with Gasteiger partial charge < -0.3 is 15.8 Å². The molecule has 1 aromatic rings. The summed E-state index contributed by atoms with van der Waals surface area (Å²) in [7, 11) is 0. The minimum Gasteiger partial charge on any atom is -0.478 e. The number of carboxylic acids is 1. The Morgan fingerprint density at radius 2 is 2.14 bits per heavy atom. The summed E-state index contributed by atoms with van der Waals surface area (Å²) in [6.07, 6.45) is -3.01. The molecule has 0 atom stereocenters. The third-order valence-electron chi connectivity index (χ3n) is 1.56. The molecule has 0 saturated carbocycles. The average molecular weight is 204 g/mol. The molecule has 0 radical (unpaired) electrons. The molecule has 0 spiro atoms. The van der Waals surface area contributed by atoms with Crippen molar-refractivity contribution >= 4 is 11.7 Å². The highest BCUT2D eigenvalue weighted by Gasteiger charge is 2.19. The molecule has 5 nitrogen and oxygen atoms in total. The SMILES string of the molecule is Nc1c(C(=O)O)cc(=O)[nH]c1C(F)F. The van der Waals surface area contributed by atoms with Gasteiger partial charge in [-0.1, -0.05) is 0 Å². The summed E-state index contributed by atoms with van der Waals surface area (Å²) >= 11 is 0. The van der Waals surface area contributed by atoms with Gasteiger partial charge in [0.25, 0.3) is 6.43 Å². The smallest absolute Gasteiger partial charge is 0.338 e. The number of anilines is 1. The summed E-state index contributed by atoms with van der Waals surface area (Å²) in [5.74, 6) is -1.52. The molecule has 0 aliphatic rings. The van der Waals surface area contributed by atoms with Gasteiger partial charge in [0.2, 0.25) is 5.56 Å². The molecule has 1 aromatic heterocycles. The lowest BCUT2D eigenvalue weighted by atomic mass is 10.2. The predicted octanol–water partition coefficient (Wildman–Crippen LogP) is 0.593. The van der Waals surface area contributed by atoms with E-state index < -0.39 is 34.9 Å². The molecule has 0 saturated heterocycles. The topological polar surface area (TPSA) is 96.2 Å². The maximum atomic E-state index is 12.2. The van der Waals surface area contributed by atoms with Gasteiger partial charge in [-0.2, -0.15) is 0 Å². The number of hydrogen-bond acceptors (Lipinski definition) is 3. The van der Waals surface area contributed by atoms with E-state index in [0.717, 1.165) is 0 Å². The molecule has 0 aromatic carbocycles. The Bertz CT molecular complexity index is 427. The molecule has 1 rings (SSSR count). The maximum Gasteiger partial charge on any atom is 0.338 e. The van der Waals surface area contributed by atoms with Crippen molar-refractivity contribution in [3.63, 3.8) is 0 Å². The Labute approximate surface area is 76.2 Å². The Balaban J connectivity index is 3.48. The summed E-state index contributed by atoms with van der Waals surface area (Å²) in [6, 6.07) is 0.656. The molecule has 0 aliphatic carbocycles. The Kier molecular flexibility index (Phi) is 2.50. The zero-order valence-corrected chi connectivity index (χ0v) is 6.75. The lowest BCUT2D eigenvalue weighted by Gasteiger charge is -2.06. The fraction of sp³-hybridized carbons (Fsp3) is 0.143. The van der Waals surface area contributed by atoms with Gasteiger partial charge in [-0.3, -0.25) is 4.79 Å². The standard InChI is InChI=1S/C7H6F2N2O3/c8-6(9)5-4(10)2(7(13)14)1-3(12)11-5/h1,6H,10H2,(H,11,12)(H,13,14). The van der Waals surface area contributed by atoms with E-state index in [1.807, 2.05) is 0 Å². The summed E-state index contributed by atoms with van der Waals surface area (Å²) in [6.45, 7) is 0. The van der Waals surface area contributed by atoms with Gasteiger partial charge in [0.15, 0.2) is 0 Å². The molecule has 14 heavy (non-hydrogen) atoms. The Hall–Kier alpha value is -1.92. The number of pyridine rings is 1. The summed E-state index contributed by atoms with van der Waals surface area (Å²) in [4.78, 5) is 23.0. The van der Waals surface area contributed by atoms with Gasteiger partial charge >= 0.3 is 5.97 Å². The van der Waals surface area contributed by atoms with Crippen molar-refractivity contribution in [2.24, 2.45) is 0 Å². The van der Waals surface area contributed by atoms with Crippen LogP contribution in [0.15, 0.2) is 10.9 Å². The first-order chi connectivity index (χ1) is 6.43. The third kappa shape index (κ3) is 1.70. The number of alkyl halides is 2. The second kappa shape index (κ2) is 3.44. The quantitative estimate of drug-likeness (QED) is 0.656. The van der Waals surface area contributed by atoms with Gasteiger partial charge in [-0.25, -0.2) is 13.6 Å². The van der Waals surface area contributed by atoms with Crippen LogP contribution in [-0.4, -0.2) is 16.1 Å². The fourth-order valence-corrected chi connectivity index (χ4v) is 0.939. The third-order valence-corrected chi connectivity index (χ3v) is 1.56.